The van der Waals surface area contributed by atoms with Crippen LogP contribution in [0.5, 0.6) is 0 Å². The second-order valence-electron chi connectivity index (χ2n) is 3.35. The van der Waals surface area contributed by atoms with E-state index in [1.54, 1.807) is 30.9 Å². The monoisotopic (exact) mass is 216 g/mol. The molecule has 0 atom stereocenters. The van der Waals surface area contributed by atoms with Gasteiger partial charge in [0.25, 0.3) is 5.78 Å². The largest absolute Gasteiger partial charge is 0.328 e. The minimum absolute atomic E-state index is 0.186. The Bertz CT molecular complexity index is 478. The second kappa shape index (κ2) is 4.65. The number of imidazole rings is 1. The number of hydrogen-bond donors (Lipinski definition) is 0. The normalized spacial score (nSPS) is 10.3. The van der Waals surface area contributed by atoms with Crippen molar-refractivity contribution in [1.82, 2.24) is 19.5 Å². The zero-order chi connectivity index (χ0) is 11.4. The van der Waals surface area contributed by atoms with Crippen molar-refractivity contribution in [2.24, 2.45) is 0 Å². The topological polar surface area (TPSA) is 60.7 Å². The van der Waals surface area contributed by atoms with Gasteiger partial charge in [-0.25, -0.2) is 15.0 Å². The van der Waals surface area contributed by atoms with Crippen LogP contribution in [0.3, 0.4) is 0 Å². The van der Waals surface area contributed by atoms with E-state index in [0.29, 0.717) is 5.82 Å². The number of carbonyl (C=O) groups excluding carboxylic acids is 1. The van der Waals surface area contributed by atoms with Gasteiger partial charge in [0.05, 0.1) is 0 Å². The molecule has 5 heteroatoms. The Balaban J connectivity index is 2.31. The third kappa shape index (κ3) is 1.98. The van der Waals surface area contributed by atoms with Gasteiger partial charge >= 0.3 is 0 Å². The first-order valence-electron chi connectivity index (χ1n) is 5.15. The van der Waals surface area contributed by atoms with Gasteiger partial charge in [0.2, 0.25) is 5.82 Å². The number of carbonyl (C=O) groups is 1. The van der Waals surface area contributed by atoms with E-state index < -0.39 is 0 Å². The fourth-order valence-corrected chi connectivity index (χ4v) is 1.46. The lowest BCUT2D eigenvalue weighted by Gasteiger charge is -2.03. The number of aromatic nitrogens is 4. The van der Waals surface area contributed by atoms with Crippen LogP contribution in [-0.4, -0.2) is 25.3 Å². The van der Waals surface area contributed by atoms with E-state index in [4.69, 9.17) is 0 Å². The number of ketones is 1. The molecular weight excluding hydrogens is 204 g/mol. The summed E-state index contributed by atoms with van der Waals surface area (Å²) in [5, 5.41) is 0. The predicted octanol–water partition coefficient (Wildman–Crippen LogP) is 1.31. The van der Waals surface area contributed by atoms with E-state index in [9.17, 15) is 4.79 Å². The molecule has 0 aliphatic carbocycles. The van der Waals surface area contributed by atoms with Crippen LogP contribution >= 0.6 is 0 Å². The quantitative estimate of drug-likeness (QED) is 0.723. The molecule has 0 N–H and O–H groups in total. The Labute approximate surface area is 93.2 Å². The van der Waals surface area contributed by atoms with E-state index in [0.717, 1.165) is 13.0 Å². The third-order valence-corrected chi connectivity index (χ3v) is 2.15. The molecule has 0 bridgehead atoms. The predicted molar refractivity (Wildman–Crippen MR) is 58.0 cm³/mol. The molecule has 0 amide bonds. The first-order chi connectivity index (χ1) is 7.83. The zero-order valence-corrected chi connectivity index (χ0v) is 9.00. The molecule has 0 saturated heterocycles. The van der Waals surface area contributed by atoms with E-state index in [1.807, 2.05) is 11.5 Å². The number of rotatable bonds is 4. The van der Waals surface area contributed by atoms with Gasteiger partial charge in [0.1, 0.15) is 0 Å². The summed E-state index contributed by atoms with van der Waals surface area (Å²) in [6, 6.07) is 1.68. The van der Waals surface area contributed by atoms with Gasteiger partial charge in [-0.2, -0.15) is 0 Å². The van der Waals surface area contributed by atoms with Crippen molar-refractivity contribution in [3.63, 3.8) is 0 Å². The van der Waals surface area contributed by atoms with E-state index >= 15 is 0 Å². The molecule has 0 spiro atoms. The fourth-order valence-electron chi connectivity index (χ4n) is 1.46. The van der Waals surface area contributed by atoms with Gasteiger partial charge < -0.3 is 4.57 Å². The Morgan fingerprint density at radius 2 is 2.00 bits per heavy atom. The minimum Gasteiger partial charge on any atom is -0.328 e. The van der Waals surface area contributed by atoms with E-state index in [2.05, 4.69) is 15.0 Å². The van der Waals surface area contributed by atoms with Crippen molar-refractivity contribution in [3.05, 3.63) is 42.5 Å². The molecule has 2 aromatic heterocycles. The highest BCUT2D eigenvalue weighted by Gasteiger charge is 2.16. The SMILES string of the molecule is CCCn1ccnc1C(=O)c1ncccn1. The number of aryl methyl sites for hydroxylation is 1. The van der Waals surface area contributed by atoms with Crippen molar-refractivity contribution in [2.45, 2.75) is 19.9 Å². The van der Waals surface area contributed by atoms with Gasteiger partial charge in [-0.05, 0) is 12.5 Å². The summed E-state index contributed by atoms with van der Waals surface area (Å²) in [7, 11) is 0. The summed E-state index contributed by atoms with van der Waals surface area (Å²) in [5.41, 5.74) is 0. The van der Waals surface area contributed by atoms with E-state index in [-0.39, 0.29) is 11.6 Å². The number of hydrogen-bond acceptors (Lipinski definition) is 4. The van der Waals surface area contributed by atoms with Crippen LogP contribution in [0, 0.1) is 0 Å². The van der Waals surface area contributed by atoms with Crippen LogP contribution < -0.4 is 0 Å². The van der Waals surface area contributed by atoms with Gasteiger partial charge in [-0.1, -0.05) is 6.92 Å². The lowest BCUT2D eigenvalue weighted by molar-refractivity contribution is 0.101. The maximum atomic E-state index is 12.0. The average molecular weight is 216 g/mol. The Hall–Kier alpha value is -2.04. The van der Waals surface area contributed by atoms with Gasteiger partial charge in [0, 0.05) is 31.3 Å². The van der Waals surface area contributed by atoms with Crippen LogP contribution in [0.2, 0.25) is 0 Å². The highest BCUT2D eigenvalue weighted by atomic mass is 16.1. The lowest BCUT2D eigenvalue weighted by atomic mass is 10.3. The molecule has 2 rings (SSSR count). The first-order valence-corrected chi connectivity index (χ1v) is 5.15. The van der Waals surface area contributed by atoms with Crippen LogP contribution in [0.1, 0.15) is 29.8 Å². The Kier molecular flexibility index (Phi) is 3.05. The molecule has 0 aromatic carbocycles. The molecule has 0 radical (unpaired) electrons. The Morgan fingerprint density at radius 1 is 1.25 bits per heavy atom. The molecule has 0 aliphatic heterocycles. The minimum atomic E-state index is -0.237. The van der Waals surface area contributed by atoms with Crippen LogP contribution in [-0.2, 0) is 6.54 Å². The summed E-state index contributed by atoms with van der Waals surface area (Å²) >= 11 is 0. The van der Waals surface area contributed by atoms with Crippen molar-refractivity contribution in [2.75, 3.05) is 0 Å². The smallest absolute Gasteiger partial charge is 0.265 e. The molecule has 16 heavy (non-hydrogen) atoms. The third-order valence-electron chi connectivity index (χ3n) is 2.15. The molecule has 0 saturated carbocycles. The highest BCUT2D eigenvalue weighted by Crippen LogP contribution is 2.04. The number of nitrogens with zero attached hydrogens (tertiary/aromatic N) is 4. The summed E-state index contributed by atoms with van der Waals surface area (Å²) in [6.45, 7) is 2.82. The second-order valence-corrected chi connectivity index (χ2v) is 3.35. The first kappa shape index (κ1) is 10.5. The van der Waals surface area contributed by atoms with Crippen molar-refractivity contribution >= 4 is 5.78 Å². The molecule has 0 aliphatic rings. The van der Waals surface area contributed by atoms with Crippen molar-refractivity contribution in [3.8, 4) is 0 Å². The zero-order valence-electron chi connectivity index (χ0n) is 9.00. The van der Waals surface area contributed by atoms with Gasteiger partial charge in [-0.3, -0.25) is 4.79 Å². The van der Waals surface area contributed by atoms with Crippen LogP contribution in [0.15, 0.2) is 30.9 Å². The van der Waals surface area contributed by atoms with Crippen molar-refractivity contribution < 1.29 is 4.79 Å². The van der Waals surface area contributed by atoms with Gasteiger partial charge in [0.15, 0.2) is 5.82 Å². The maximum absolute atomic E-state index is 12.0. The molecule has 0 unspecified atom stereocenters. The van der Waals surface area contributed by atoms with E-state index in [1.165, 1.54) is 0 Å². The fraction of sp³-hybridized carbons (Fsp3) is 0.273. The van der Waals surface area contributed by atoms with Crippen LogP contribution in [0.4, 0.5) is 0 Å². The lowest BCUT2D eigenvalue weighted by Crippen LogP contribution is -2.13. The molecule has 5 nitrogen and oxygen atoms in total. The summed E-state index contributed by atoms with van der Waals surface area (Å²) in [5.74, 6) is 0.346. The molecular formula is C11H12N4O. The summed E-state index contributed by atoms with van der Waals surface area (Å²) in [4.78, 5) is 23.9. The standard InChI is InChI=1S/C11H12N4O/c1-2-7-15-8-6-14-11(15)9(16)10-12-4-3-5-13-10/h3-6,8H,2,7H2,1H3. The molecule has 82 valence electrons. The maximum Gasteiger partial charge on any atom is 0.265 e. The molecule has 2 aromatic rings. The van der Waals surface area contributed by atoms with Gasteiger partial charge in [-0.15, -0.1) is 0 Å². The van der Waals surface area contributed by atoms with Crippen LogP contribution in [0.25, 0.3) is 0 Å². The Morgan fingerprint density at radius 3 is 2.69 bits per heavy atom. The summed E-state index contributed by atoms with van der Waals surface area (Å²) in [6.07, 6.45) is 7.46. The average Bonchev–Trinajstić information content (AvgIpc) is 2.78. The van der Waals surface area contributed by atoms with Crippen molar-refractivity contribution in [1.29, 1.82) is 0 Å². The highest BCUT2D eigenvalue weighted by molar-refractivity contribution is 6.03. The molecule has 2 heterocycles. The summed E-state index contributed by atoms with van der Waals surface area (Å²) < 4.78 is 1.82. The molecule has 0 fully saturated rings.